The SMILES string of the molecule is Cc1[nH]nc2ccc(C(=O)NCc3ccccc3Cl)cc12. The summed E-state index contributed by atoms with van der Waals surface area (Å²) in [4.78, 5) is 12.2. The first kappa shape index (κ1) is 13.6. The molecule has 1 amide bonds. The third-order valence-electron chi connectivity index (χ3n) is 3.40. The van der Waals surface area contributed by atoms with E-state index < -0.39 is 0 Å². The molecule has 5 heteroatoms. The summed E-state index contributed by atoms with van der Waals surface area (Å²) in [6.07, 6.45) is 0. The van der Waals surface area contributed by atoms with E-state index >= 15 is 0 Å². The summed E-state index contributed by atoms with van der Waals surface area (Å²) in [6.45, 7) is 2.33. The van der Waals surface area contributed by atoms with Gasteiger partial charge >= 0.3 is 0 Å². The van der Waals surface area contributed by atoms with Gasteiger partial charge < -0.3 is 5.32 Å². The lowest BCUT2D eigenvalue weighted by Gasteiger charge is -2.07. The zero-order valence-corrected chi connectivity index (χ0v) is 12.2. The van der Waals surface area contributed by atoms with E-state index in [1.165, 1.54) is 0 Å². The third kappa shape index (κ3) is 2.76. The first-order chi connectivity index (χ1) is 10.1. The standard InChI is InChI=1S/C16H14ClN3O/c1-10-13-8-11(6-7-15(13)20-19-10)16(21)18-9-12-4-2-3-5-14(12)17/h2-8H,9H2,1H3,(H,18,21)(H,19,20). The molecule has 3 aromatic rings. The second kappa shape index (κ2) is 5.58. The van der Waals surface area contributed by atoms with Crippen molar-refractivity contribution in [1.82, 2.24) is 15.5 Å². The first-order valence-electron chi connectivity index (χ1n) is 6.61. The minimum absolute atomic E-state index is 0.127. The number of carbonyl (C=O) groups excluding carboxylic acids is 1. The molecule has 0 aliphatic heterocycles. The van der Waals surface area contributed by atoms with Crippen molar-refractivity contribution in [1.29, 1.82) is 0 Å². The van der Waals surface area contributed by atoms with Crippen molar-refractivity contribution in [3.8, 4) is 0 Å². The molecule has 0 unspecified atom stereocenters. The number of benzene rings is 2. The second-order valence-corrected chi connectivity index (χ2v) is 5.26. The molecule has 0 aliphatic carbocycles. The summed E-state index contributed by atoms with van der Waals surface area (Å²) in [6, 6.07) is 12.9. The van der Waals surface area contributed by atoms with E-state index in [1.54, 1.807) is 6.07 Å². The van der Waals surface area contributed by atoms with Crippen LogP contribution in [0.5, 0.6) is 0 Å². The van der Waals surface area contributed by atoms with E-state index in [9.17, 15) is 4.79 Å². The largest absolute Gasteiger partial charge is 0.348 e. The van der Waals surface area contributed by atoms with Gasteiger partial charge in [-0.15, -0.1) is 0 Å². The lowest BCUT2D eigenvalue weighted by molar-refractivity contribution is 0.0951. The fourth-order valence-corrected chi connectivity index (χ4v) is 2.40. The van der Waals surface area contributed by atoms with Crippen LogP contribution in [0.15, 0.2) is 42.5 Å². The number of halogens is 1. The number of H-pyrrole nitrogens is 1. The number of carbonyl (C=O) groups is 1. The molecule has 0 atom stereocenters. The summed E-state index contributed by atoms with van der Waals surface area (Å²) in [7, 11) is 0. The number of hydrogen-bond acceptors (Lipinski definition) is 2. The second-order valence-electron chi connectivity index (χ2n) is 4.85. The molecule has 106 valence electrons. The van der Waals surface area contributed by atoms with Gasteiger partial charge in [0.25, 0.3) is 5.91 Å². The fourth-order valence-electron chi connectivity index (χ4n) is 2.20. The average molecular weight is 300 g/mol. The number of nitrogens with one attached hydrogen (secondary N) is 2. The lowest BCUT2D eigenvalue weighted by Crippen LogP contribution is -2.22. The number of nitrogens with zero attached hydrogens (tertiary/aromatic N) is 1. The monoisotopic (exact) mass is 299 g/mol. The Morgan fingerprint density at radius 2 is 2.10 bits per heavy atom. The first-order valence-corrected chi connectivity index (χ1v) is 6.99. The van der Waals surface area contributed by atoms with Crippen LogP contribution in [0.25, 0.3) is 10.9 Å². The molecule has 3 rings (SSSR count). The lowest BCUT2D eigenvalue weighted by atomic mass is 10.1. The molecule has 0 radical (unpaired) electrons. The highest BCUT2D eigenvalue weighted by Gasteiger charge is 2.09. The van der Waals surface area contributed by atoms with Crippen LogP contribution in [0.1, 0.15) is 21.6 Å². The van der Waals surface area contributed by atoms with E-state index in [4.69, 9.17) is 11.6 Å². The molecule has 4 nitrogen and oxygen atoms in total. The molecule has 0 saturated heterocycles. The van der Waals surface area contributed by atoms with Crippen molar-refractivity contribution in [3.05, 3.63) is 64.3 Å². The maximum Gasteiger partial charge on any atom is 0.251 e. The van der Waals surface area contributed by atoms with Crippen molar-refractivity contribution >= 4 is 28.4 Å². The average Bonchev–Trinajstić information content (AvgIpc) is 2.87. The predicted molar refractivity (Wildman–Crippen MR) is 83.5 cm³/mol. The van der Waals surface area contributed by atoms with Gasteiger partial charge in [0.1, 0.15) is 0 Å². The Bertz CT molecular complexity index is 810. The molecule has 21 heavy (non-hydrogen) atoms. The van der Waals surface area contributed by atoms with Gasteiger partial charge in [-0.05, 0) is 36.8 Å². The van der Waals surface area contributed by atoms with Crippen LogP contribution in [0.2, 0.25) is 5.02 Å². The topological polar surface area (TPSA) is 57.8 Å². The zero-order valence-electron chi connectivity index (χ0n) is 11.5. The van der Waals surface area contributed by atoms with Gasteiger partial charge in [-0.25, -0.2) is 0 Å². The summed E-state index contributed by atoms with van der Waals surface area (Å²) in [5.41, 5.74) is 3.31. The number of fused-ring (bicyclic) bond motifs is 1. The highest BCUT2D eigenvalue weighted by atomic mass is 35.5. The van der Waals surface area contributed by atoms with Gasteiger partial charge in [-0.3, -0.25) is 9.89 Å². The molecular weight excluding hydrogens is 286 g/mol. The van der Waals surface area contributed by atoms with Crippen LogP contribution in [0.3, 0.4) is 0 Å². The molecule has 0 aliphatic rings. The third-order valence-corrected chi connectivity index (χ3v) is 3.77. The highest BCUT2D eigenvalue weighted by molar-refractivity contribution is 6.31. The van der Waals surface area contributed by atoms with Crippen molar-refractivity contribution < 1.29 is 4.79 Å². The Labute approximate surface area is 127 Å². The van der Waals surface area contributed by atoms with Crippen molar-refractivity contribution in [2.75, 3.05) is 0 Å². The van der Waals surface area contributed by atoms with Crippen LogP contribution in [-0.4, -0.2) is 16.1 Å². The summed E-state index contributed by atoms with van der Waals surface area (Å²) in [5, 5.41) is 11.5. The molecular formula is C16H14ClN3O. The number of hydrogen-bond donors (Lipinski definition) is 2. The molecule has 1 heterocycles. The normalized spacial score (nSPS) is 10.8. The highest BCUT2D eigenvalue weighted by Crippen LogP contribution is 2.18. The molecule has 0 fully saturated rings. The van der Waals surface area contributed by atoms with Crippen LogP contribution >= 0.6 is 11.6 Å². The van der Waals surface area contributed by atoms with Crippen LogP contribution < -0.4 is 5.32 Å². The Morgan fingerprint density at radius 1 is 1.29 bits per heavy atom. The Morgan fingerprint density at radius 3 is 2.90 bits per heavy atom. The van der Waals surface area contributed by atoms with Crippen molar-refractivity contribution in [2.45, 2.75) is 13.5 Å². The van der Waals surface area contributed by atoms with Gasteiger partial charge in [-0.1, -0.05) is 29.8 Å². The summed E-state index contributed by atoms with van der Waals surface area (Å²) < 4.78 is 0. The van der Waals surface area contributed by atoms with Gasteiger partial charge in [0, 0.05) is 28.2 Å². The Hall–Kier alpha value is -2.33. The van der Waals surface area contributed by atoms with Gasteiger partial charge in [0.2, 0.25) is 0 Å². The minimum atomic E-state index is -0.127. The van der Waals surface area contributed by atoms with E-state index in [0.29, 0.717) is 17.1 Å². The Balaban J connectivity index is 1.78. The van der Waals surface area contributed by atoms with Crippen LogP contribution in [0, 0.1) is 6.92 Å². The molecule has 2 N–H and O–H groups in total. The number of rotatable bonds is 3. The van der Waals surface area contributed by atoms with Crippen LogP contribution in [0.4, 0.5) is 0 Å². The van der Waals surface area contributed by atoms with Gasteiger partial charge in [-0.2, -0.15) is 5.10 Å². The van der Waals surface area contributed by atoms with Crippen molar-refractivity contribution in [2.24, 2.45) is 0 Å². The summed E-state index contributed by atoms with van der Waals surface area (Å²) in [5.74, 6) is -0.127. The van der Waals surface area contributed by atoms with E-state index in [-0.39, 0.29) is 5.91 Å². The number of aromatic nitrogens is 2. The minimum Gasteiger partial charge on any atom is -0.348 e. The zero-order chi connectivity index (χ0) is 14.8. The Kier molecular flexibility index (Phi) is 3.62. The van der Waals surface area contributed by atoms with Crippen LogP contribution in [-0.2, 0) is 6.54 Å². The number of aromatic amines is 1. The number of amides is 1. The predicted octanol–water partition coefficient (Wildman–Crippen LogP) is 3.45. The van der Waals surface area contributed by atoms with Gasteiger partial charge in [0.15, 0.2) is 0 Å². The molecule has 0 saturated carbocycles. The van der Waals surface area contributed by atoms with Gasteiger partial charge in [0.05, 0.1) is 5.52 Å². The molecule has 0 spiro atoms. The van der Waals surface area contributed by atoms with Crippen molar-refractivity contribution in [3.63, 3.8) is 0 Å². The van der Waals surface area contributed by atoms with E-state index in [2.05, 4.69) is 15.5 Å². The van der Waals surface area contributed by atoms with E-state index in [0.717, 1.165) is 22.2 Å². The smallest absolute Gasteiger partial charge is 0.251 e. The molecule has 2 aromatic carbocycles. The number of aryl methyl sites for hydroxylation is 1. The maximum atomic E-state index is 12.2. The maximum absolute atomic E-state index is 12.2. The molecule has 1 aromatic heterocycles. The quantitative estimate of drug-likeness (QED) is 0.778. The fraction of sp³-hybridized carbons (Fsp3) is 0.125. The van der Waals surface area contributed by atoms with E-state index in [1.807, 2.05) is 43.3 Å². The molecule has 0 bridgehead atoms. The summed E-state index contributed by atoms with van der Waals surface area (Å²) >= 11 is 6.07.